The third-order valence-corrected chi connectivity index (χ3v) is 9.53. The molecule has 3 nitrogen and oxygen atoms in total. The molecule has 1 aromatic rings. The molecule has 154 valence electrons. The lowest BCUT2D eigenvalue weighted by molar-refractivity contribution is 0.165. The average molecular weight is 394 g/mol. The molecule has 1 aromatic carbocycles. The molecule has 0 bridgehead atoms. The standard InChI is InChI=1S/C23H40NO2P/c1-21-19-27(26,23-15-11-10-12-16-23)20-22(2)24(21)17-13-8-6-4-3-5-7-9-14-18-25/h10-12,15-16,21-22,25H,3-9,13-14,17-20H2,1-2H3. The molecular weight excluding hydrogens is 353 g/mol. The van der Waals surface area contributed by atoms with Crippen LogP contribution in [-0.4, -0.2) is 47.6 Å². The van der Waals surface area contributed by atoms with Crippen molar-refractivity contribution in [1.29, 1.82) is 0 Å². The van der Waals surface area contributed by atoms with Crippen molar-refractivity contribution < 1.29 is 9.67 Å². The van der Waals surface area contributed by atoms with Crippen molar-refractivity contribution >= 4 is 12.4 Å². The van der Waals surface area contributed by atoms with Crippen molar-refractivity contribution in [1.82, 2.24) is 4.90 Å². The molecule has 2 atom stereocenters. The molecule has 1 heterocycles. The van der Waals surface area contributed by atoms with Gasteiger partial charge in [-0.15, -0.1) is 0 Å². The maximum Gasteiger partial charge on any atom is 0.118 e. The fourth-order valence-corrected chi connectivity index (χ4v) is 7.98. The van der Waals surface area contributed by atoms with Crippen LogP contribution in [0.1, 0.15) is 71.6 Å². The molecule has 2 rings (SSSR count). The summed E-state index contributed by atoms with van der Waals surface area (Å²) in [7, 11) is -2.24. The van der Waals surface area contributed by atoms with Gasteiger partial charge in [-0.25, -0.2) is 0 Å². The van der Waals surface area contributed by atoms with Gasteiger partial charge in [0.25, 0.3) is 0 Å². The second-order valence-corrected chi connectivity index (χ2v) is 11.5. The molecule has 1 fully saturated rings. The molecule has 4 heteroatoms. The molecule has 1 N–H and O–H groups in total. The van der Waals surface area contributed by atoms with Crippen LogP contribution in [0.25, 0.3) is 0 Å². The quantitative estimate of drug-likeness (QED) is 0.388. The summed E-state index contributed by atoms with van der Waals surface area (Å²) < 4.78 is 13.5. The molecule has 0 aromatic heterocycles. The molecule has 27 heavy (non-hydrogen) atoms. The van der Waals surface area contributed by atoms with Gasteiger partial charge in [0.1, 0.15) is 7.14 Å². The Labute approximate surface area is 166 Å². The minimum atomic E-state index is -2.24. The molecule has 0 spiro atoms. The molecule has 0 saturated carbocycles. The minimum Gasteiger partial charge on any atom is -0.396 e. The van der Waals surface area contributed by atoms with Crippen LogP contribution in [0.3, 0.4) is 0 Å². The second-order valence-electron chi connectivity index (χ2n) is 8.43. The number of hydrogen-bond donors (Lipinski definition) is 1. The fourth-order valence-electron chi connectivity index (χ4n) is 4.57. The summed E-state index contributed by atoms with van der Waals surface area (Å²) in [6, 6.07) is 11.0. The number of rotatable bonds is 12. The minimum absolute atomic E-state index is 0.341. The third kappa shape index (κ3) is 7.37. The second kappa shape index (κ2) is 12.0. The van der Waals surface area contributed by atoms with Crippen molar-refractivity contribution in [3.63, 3.8) is 0 Å². The number of nitrogens with zero attached hydrogens (tertiary/aromatic N) is 1. The van der Waals surface area contributed by atoms with Crippen LogP contribution in [-0.2, 0) is 4.57 Å². The van der Waals surface area contributed by atoms with Gasteiger partial charge < -0.3 is 9.67 Å². The van der Waals surface area contributed by atoms with Crippen LogP contribution in [0.4, 0.5) is 0 Å². The smallest absolute Gasteiger partial charge is 0.118 e. The lowest BCUT2D eigenvalue weighted by atomic mass is 10.1. The fraction of sp³-hybridized carbons (Fsp3) is 0.739. The van der Waals surface area contributed by atoms with E-state index in [2.05, 4.69) is 30.9 Å². The van der Waals surface area contributed by atoms with E-state index in [4.69, 9.17) is 5.11 Å². The van der Waals surface area contributed by atoms with Gasteiger partial charge in [-0.05, 0) is 33.2 Å². The van der Waals surface area contributed by atoms with Crippen LogP contribution in [0.15, 0.2) is 30.3 Å². The summed E-state index contributed by atoms with van der Waals surface area (Å²) in [4.78, 5) is 2.59. The van der Waals surface area contributed by atoms with E-state index in [1.54, 1.807) is 0 Å². The predicted molar refractivity (Wildman–Crippen MR) is 118 cm³/mol. The number of aliphatic hydroxyl groups is 1. The van der Waals surface area contributed by atoms with Crippen molar-refractivity contribution in [2.24, 2.45) is 0 Å². The van der Waals surface area contributed by atoms with E-state index in [1.165, 1.54) is 51.4 Å². The Hall–Kier alpha value is -0.630. The van der Waals surface area contributed by atoms with E-state index in [1.807, 2.05) is 18.2 Å². The van der Waals surface area contributed by atoms with E-state index in [0.29, 0.717) is 18.7 Å². The highest BCUT2D eigenvalue weighted by molar-refractivity contribution is 7.71. The zero-order valence-corrected chi connectivity index (χ0v) is 18.4. The number of benzene rings is 1. The average Bonchev–Trinajstić information content (AvgIpc) is 2.65. The van der Waals surface area contributed by atoms with Gasteiger partial charge in [-0.3, -0.25) is 4.90 Å². The normalized spacial score (nSPS) is 26.3. The topological polar surface area (TPSA) is 40.5 Å². The van der Waals surface area contributed by atoms with Crippen molar-refractivity contribution in [2.45, 2.75) is 83.7 Å². The van der Waals surface area contributed by atoms with Crippen molar-refractivity contribution in [3.05, 3.63) is 30.3 Å². The molecule has 1 saturated heterocycles. The number of unbranched alkanes of at least 4 members (excludes halogenated alkanes) is 8. The van der Waals surface area contributed by atoms with Gasteiger partial charge in [0.2, 0.25) is 0 Å². The Balaban J connectivity index is 1.65. The van der Waals surface area contributed by atoms with Crippen molar-refractivity contribution in [2.75, 3.05) is 25.5 Å². The molecule has 2 unspecified atom stereocenters. The maximum atomic E-state index is 13.5. The van der Waals surface area contributed by atoms with Crippen molar-refractivity contribution in [3.8, 4) is 0 Å². The van der Waals surface area contributed by atoms with E-state index >= 15 is 0 Å². The summed E-state index contributed by atoms with van der Waals surface area (Å²) in [5.41, 5.74) is 0. The first kappa shape index (κ1) is 22.7. The Bertz CT molecular complexity index is 547. The summed E-state index contributed by atoms with van der Waals surface area (Å²) in [6.45, 7) is 6.01. The maximum absolute atomic E-state index is 13.5. The highest BCUT2D eigenvalue weighted by Gasteiger charge is 2.38. The van der Waals surface area contributed by atoms with Gasteiger partial charge in [-0.1, -0.05) is 75.3 Å². The zero-order chi connectivity index (χ0) is 19.5. The van der Waals surface area contributed by atoms with Gasteiger partial charge in [0.05, 0.1) is 0 Å². The highest BCUT2D eigenvalue weighted by atomic mass is 31.2. The SMILES string of the molecule is CC1CP(=O)(c2ccccc2)CC(C)N1CCCCCCCCCCCO. The van der Waals surface area contributed by atoms with Gasteiger partial charge in [0.15, 0.2) is 0 Å². The van der Waals surface area contributed by atoms with Crippen LogP contribution >= 0.6 is 7.14 Å². The number of aliphatic hydroxyl groups excluding tert-OH is 1. The van der Waals surface area contributed by atoms with Gasteiger partial charge in [0, 0.05) is 36.3 Å². The Kier molecular flexibility index (Phi) is 10.1. The van der Waals surface area contributed by atoms with E-state index in [0.717, 1.165) is 30.6 Å². The van der Waals surface area contributed by atoms with Crippen LogP contribution in [0, 0.1) is 0 Å². The largest absolute Gasteiger partial charge is 0.396 e. The van der Waals surface area contributed by atoms with Crippen LogP contribution < -0.4 is 5.30 Å². The third-order valence-electron chi connectivity index (χ3n) is 6.05. The number of hydrogen-bond acceptors (Lipinski definition) is 3. The highest BCUT2D eigenvalue weighted by Crippen LogP contribution is 2.50. The molecule has 0 amide bonds. The summed E-state index contributed by atoms with van der Waals surface area (Å²) in [5.74, 6) is 0. The predicted octanol–water partition coefficient (Wildman–Crippen LogP) is 5.27. The molecule has 1 aliphatic heterocycles. The Morgan fingerprint density at radius 2 is 1.33 bits per heavy atom. The molecular formula is C23H40NO2P. The van der Waals surface area contributed by atoms with Crippen LogP contribution in [0.5, 0.6) is 0 Å². The Morgan fingerprint density at radius 3 is 1.85 bits per heavy atom. The summed E-state index contributed by atoms with van der Waals surface area (Å²) >= 11 is 0. The molecule has 0 radical (unpaired) electrons. The van der Waals surface area contributed by atoms with E-state index < -0.39 is 7.14 Å². The van der Waals surface area contributed by atoms with Crippen LogP contribution in [0.2, 0.25) is 0 Å². The first-order valence-corrected chi connectivity index (χ1v) is 13.1. The molecule has 1 aliphatic rings. The lowest BCUT2D eigenvalue weighted by Gasteiger charge is -2.43. The molecule has 0 aliphatic carbocycles. The lowest BCUT2D eigenvalue weighted by Crippen LogP contribution is -2.49. The van der Waals surface area contributed by atoms with E-state index in [9.17, 15) is 4.57 Å². The summed E-state index contributed by atoms with van der Waals surface area (Å²) in [5, 5.41) is 9.85. The van der Waals surface area contributed by atoms with E-state index in [-0.39, 0.29) is 0 Å². The van der Waals surface area contributed by atoms with Gasteiger partial charge >= 0.3 is 0 Å². The Morgan fingerprint density at radius 1 is 0.852 bits per heavy atom. The van der Waals surface area contributed by atoms with Gasteiger partial charge in [-0.2, -0.15) is 0 Å². The zero-order valence-electron chi connectivity index (χ0n) is 17.5. The first-order chi connectivity index (χ1) is 13.1. The summed E-state index contributed by atoms with van der Waals surface area (Å²) in [6.07, 6.45) is 13.0. The monoisotopic (exact) mass is 393 g/mol. The first-order valence-electron chi connectivity index (χ1n) is 11.1.